The van der Waals surface area contributed by atoms with Crippen molar-refractivity contribution >= 4 is 34.7 Å². The van der Waals surface area contributed by atoms with Crippen molar-refractivity contribution in [2.24, 2.45) is 0 Å². The molecule has 1 heterocycles. The number of imide groups is 1. The Kier molecular flexibility index (Phi) is 7.86. The van der Waals surface area contributed by atoms with Gasteiger partial charge in [0.15, 0.2) is 11.5 Å². The van der Waals surface area contributed by atoms with E-state index in [4.69, 9.17) is 14.2 Å². The van der Waals surface area contributed by atoms with Crippen molar-refractivity contribution < 1.29 is 28.7 Å². The number of hydrogen-bond donors (Lipinski definition) is 0. The number of nitro groups is 1. The Morgan fingerprint density at radius 3 is 2.28 bits per heavy atom. The molecule has 0 aromatic heterocycles. The molecule has 4 rings (SSSR count). The Balaban J connectivity index is 1.40. The Bertz CT molecular complexity index is 1310. The fraction of sp³-hybridized carbons (Fsp3) is 0.154. The largest absolute Gasteiger partial charge is 0.493 e. The highest BCUT2D eigenvalue weighted by Crippen LogP contribution is 2.34. The Labute approximate surface area is 211 Å². The number of non-ortho nitro benzene ring substituents is 1. The molecule has 1 aliphatic heterocycles. The van der Waals surface area contributed by atoms with Gasteiger partial charge in [-0.3, -0.25) is 24.6 Å². The molecule has 0 saturated carbocycles. The molecule has 1 saturated heterocycles. The van der Waals surface area contributed by atoms with Crippen LogP contribution in [0.15, 0.2) is 77.7 Å². The molecule has 1 fully saturated rings. The van der Waals surface area contributed by atoms with Crippen molar-refractivity contribution in [1.82, 2.24) is 4.90 Å². The highest BCUT2D eigenvalue weighted by atomic mass is 32.2. The summed E-state index contributed by atoms with van der Waals surface area (Å²) in [7, 11) is 1.54. The van der Waals surface area contributed by atoms with E-state index in [1.165, 1.54) is 19.2 Å². The number of para-hydroxylation sites is 3. The minimum atomic E-state index is -0.461. The summed E-state index contributed by atoms with van der Waals surface area (Å²) in [4.78, 5) is 37.2. The zero-order valence-corrected chi connectivity index (χ0v) is 20.1. The SMILES string of the molecule is COc1ccccc1OCCN1C(=O)S/C(=C\c2ccccc2OCc2ccc([N+](=O)[O-])cc2)C1=O. The molecule has 36 heavy (non-hydrogen) atoms. The van der Waals surface area contributed by atoms with Crippen molar-refractivity contribution in [2.75, 3.05) is 20.3 Å². The molecule has 0 bridgehead atoms. The first-order valence-corrected chi connectivity index (χ1v) is 11.7. The molecule has 0 radical (unpaired) electrons. The van der Waals surface area contributed by atoms with Crippen molar-refractivity contribution in [3.63, 3.8) is 0 Å². The van der Waals surface area contributed by atoms with Crippen LogP contribution in [0.25, 0.3) is 6.08 Å². The topological polar surface area (TPSA) is 108 Å². The lowest BCUT2D eigenvalue weighted by Crippen LogP contribution is -2.32. The number of nitrogens with zero attached hydrogens (tertiary/aromatic N) is 2. The second-order valence-corrected chi connectivity index (χ2v) is 8.58. The molecule has 3 aromatic rings. The van der Waals surface area contributed by atoms with E-state index in [1.54, 1.807) is 54.6 Å². The molecule has 10 heteroatoms. The van der Waals surface area contributed by atoms with Crippen molar-refractivity contribution in [3.8, 4) is 17.2 Å². The van der Waals surface area contributed by atoms with Gasteiger partial charge in [0.25, 0.3) is 16.8 Å². The molecule has 0 unspecified atom stereocenters. The minimum Gasteiger partial charge on any atom is -0.493 e. The quantitative estimate of drug-likeness (QED) is 0.207. The van der Waals surface area contributed by atoms with Crippen LogP contribution in [0.5, 0.6) is 17.2 Å². The highest BCUT2D eigenvalue weighted by Gasteiger charge is 2.35. The number of thioether (sulfide) groups is 1. The van der Waals surface area contributed by atoms with Crippen LogP contribution in [0, 0.1) is 10.1 Å². The molecule has 2 amide bonds. The Hall–Kier alpha value is -4.31. The second kappa shape index (κ2) is 11.4. The summed E-state index contributed by atoms with van der Waals surface area (Å²) >= 11 is 0.857. The number of benzene rings is 3. The molecule has 0 aliphatic carbocycles. The van der Waals surface area contributed by atoms with Crippen LogP contribution in [0.1, 0.15) is 11.1 Å². The predicted molar refractivity (Wildman–Crippen MR) is 135 cm³/mol. The third kappa shape index (κ3) is 5.84. The molecule has 3 aromatic carbocycles. The van der Waals surface area contributed by atoms with Gasteiger partial charge in [0.05, 0.1) is 23.5 Å². The Morgan fingerprint density at radius 1 is 0.917 bits per heavy atom. The maximum absolute atomic E-state index is 12.9. The summed E-state index contributed by atoms with van der Waals surface area (Å²) in [6, 6.07) is 20.3. The van der Waals surface area contributed by atoms with Crippen LogP contribution in [0.2, 0.25) is 0 Å². The monoisotopic (exact) mass is 506 g/mol. The average molecular weight is 507 g/mol. The van der Waals surface area contributed by atoms with Crippen LogP contribution >= 0.6 is 11.8 Å². The highest BCUT2D eigenvalue weighted by molar-refractivity contribution is 8.18. The standard InChI is InChI=1S/C26H22N2O7S/c1-33-22-8-4-5-9-23(22)34-15-14-27-25(29)24(36-26(27)30)16-19-6-2-3-7-21(19)35-17-18-10-12-20(13-11-18)28(31)32/h2-13,16H,14-15,17H2,1H3/b24-16-. The van der Waals surface area contributed by atoms with Crippen LogP contribution in [-0.4, -0.2) is 41.2 Å². The smallest absolute Gasteiger partial charge is 0.293 e. The van der Waals surface area contributed by atoms with Gasteiger partial charge in [-0.2, -0.15) is 0 Å². The number of ether oxygens (including phenoxy) is 3. The zero-order chi connectivity index (χ0) is 25.5. The molecule has 0 N–H and O–H groups in total. The third-order valence-electron chi connectivity index (χ3n) is 5.26. The first-order valence-electron chi connectivity index (χ1n) is 10.9. The fourth-order valence-corrected chi connectivity index (χ4v) is 4.28. The van der Waals surface area contributed by atoms with Gasteiger partial charge in [0.1, 0.15) is 19.0 Å². The molecule has 184 valence electrons. The zero-order valence-electron chi connectivity index (χ0n) is 19.3. The molecular weight excluding hydrogens is 484 g/mol. The molecule has 1 aliphatic rings. The van der Waals surface area contributed by atoms with E-state index in [1.807, 2.05) is 12.1 Å². The van der Waals surface area contributed by atoms with E-state index in [-0.39, 0.29) is 35.6 Å². The number of methoxy groups -OCH3 is 1. The molecule has 0 atom stereocenters. The summed E-state index contributed by atoms with van der Waals surface area (Å²) in [6.07, 6.45) is 1.62. The predicted octanol–water partition coefficient (Wildman–Crippen LogP) is 5.30. The van der Waals surface area contributed by atoms with Gasteiger partial charge in [-0.05, 0) is 53.7 Å². The van der Waals surface area contributed by atoms with Crippen LogP contribution < -0.4 is 14.2 Å². The lowest BCUT2D eigenvalue weighted by Gasteiger charge is -2.14. The van der Waals surface area contributed by atoms with Crippen LogP contribution in [0.4, 0.5) is 10.5 Å². The number of hydrogen-bond acceptors (Lipinski definition) is 8. The maximum Gasteiger partial charge on any atom is 0.293 e. The van der Waals surface area contributed by atoms with E-state index in [2.05, 4.69) is 0 Å². The van der Waals surface area contributed by atoms with Crippen LogP contribution in [0.3, 0.4) is 0 Å². The van der Waals surface area contributed by atoms with Crippen molar-refractivity contribution in [2.45, 2.75) is 6.61 Å². The number of nitro benzene ring substituents is 1. The molecule has 9 nitrogen and oxygen atoms in total. The van der Waals surface area contributed by atoms with E-state index in [9.17, 15) is 19.7 Å². The number of carbonyl (C=O) groups is 2. The summed E-state index contributed by atoms with van der Waals surface area (Å²) < 4.78 is 16.8. The van der Waals surface area contributed by atoms with Gasteiger partial charge < -0.3 is 14.2 Å². The van der Waals surface area contributed by atoms with Crippen LogP contribution in [-0.2, 0) is 11.4 Å². The van der Waals surface area contributed by atoms with Gasteiger partial charge in [-0.25, -0.2) is 0 Å². The first kappa shape index (κ1) is 24.8. The summed E-state index contributed by atoms with van der Waals surface area (Å²) in [5.41, 5.74) is 1.39. The molecule has 0 spiro atoms. The minimum absolute atomic E-state index is 0.00295. The second-order valence-electron chi connectivity index (χ2n) is 7.58. The normalized spacial score (nSPS) is 14.2. The van der Waals surface area contributed by atoms with Gasteiger partial charge in [-0.15, -0.1) is 0 Å². The van der Waals surface area contributed by atoms with E-state index in [0.717, 1.165) is 22.2 Å². The maximum atomic E-state index is 12.9. The van der Waals surface area contributed by atoms with Gasteiger partial charge >= 0.3 is 0 Å². The van der Waals surface area contributed by atoms with E-state index in [0.29, 0.717) is 22.8 Å². The summed E-state index contributed by atoms with van der Waals surface area (Å²) in [5, 5.41) is 10.4. The Morgan fingerprint density at radius 2 is 1.58 bits per heavy atom. The third-order valence-corrected chi connectivity index (χ3v) is 6.17. The first-order chi connectivity index (χ1) is 17.5. The average Bonchev–Trinajstić information content (AvgIpc) is 3.16. The lowest BCUT2D eigenvalue weighted by molar-refractivity contribution is -0.384. The van der Waals surface area contributed by atoms with E-state index >= 15 is 0 Å². The summed E-state index contributed by atoms with van der Waals surface area (Å²) in [6.45, 7) is 0.406. The molecular formula is C26H22N2O7S. The van der Waals surface area contributed by atoms with Crippen molar-refractivity contribution in [3.05, 3.63) is 98.9 Å². The number of amides is 2. The number of carbonyl (C=O) groups excluding carboxylic acids is 2. The van der Waals surface area contributed by atoms with Gasteiger partial charge in [0.2, 0.25) is 0 Å². The van der Waals surface area contributed by atoms with Crippen molar-refractivity contribution in [1.29, 1.82) is 0 Å². The summed E-state index contributed by atoms with van der Waals surface area (Å²) in [5.74, 6) is 1.21. The van der Waals surface area contributed by atoms with Gasteiger partial charge in [0, 0.05) is 17.7 Å². The van der Waals surface area contributed by atoms with Gasteiger partial charge in [-0.1, -0.05) is 30.3 Å². The van der Waals surface area contributed by atoms with E-state index < -0.39 is 10.8 Å². The lowest BCUT2D eigenvalue weighted by atomic mass is 10.1. The fourth-order valence-electron chi connectivity index (χ4n) is 3.43. The number of rotatable bonds is 10.